The van der Waals surface area contributed by atoms with Crippen LogP contribution in [0.1, 0.15) is 39.0 Å². The van der Waals surface area contributed by atoms with Crippen LogP contribution in [0.15, 0.2) is 11.6 Å². The lowest BCUT2D eigenvalue weighted by Gasteiger charge is -2.33. The molecule has 0 aromatic heterocycles. The molecular weight excluding hydrogens is 148 g/mol. The predicted molar refractivity (Wildman–Crippen MR) is 48.8 cm³/mol. The van der Waals surface area contributed by atoms with E-state index in [1.54, 1.807) is 0 Å². The van der Waals surface area contributed by atoms with Crippen LogP contribution in [0.25, 0.3) is 0 Å². The van der Waals surface area contributed by atoms with Gasteiger partial charge in [0.25, 0.3) is 0 Å². The Kier molecular flexibility index (Phi) is 2.03. The molecule has 1 heteroatoms. The molecule has 12 heavy (non-hydrogen) atoms. The molecule has 0 radical (unpaired) electrons. The smallest absolute Gasteiger partial charge is 0.155 e. The summed E-state index contributed by atoms with van der Waals surface area (Å²) in [4.78, 5) is 11.3. The van der Waals surface area contributed by atoms with Gasteiger partial charge in [-0.2, -0.15) is 0 Å². The lowest BCUT2D eigenvalue weighted by Crippen LogP contribution is -2.25. The van der Waals surface area contributed by atoms with Crippen molar-refractivity contribution >= 4 is 5.78 Å². The van der Waals surface area contributed by atoms with E-state index in [2.05, 4.69) is 6.92 Å². The molecule has 0 amide bonds. The number of ketones is 1. The Morgan fingerprint density at radius 3 is 3.08 bits per heavy atom. The summed E-state index contributed by atoms with van der Waals surface area (Å²) in [6, 6.07) is 0. The van der Waals surface area contributed by atoms with E-state index in [-0.39, 0.29) is 0 Å². The van der Waals surface area contributed by atoms with Gasteiger partial charge in [0.05, 0.1) is 0 Å². The molecule has 1 nitrogen and oxygen atoms in total. The van der Waals surface area contributed by atoms with Gasteiger partial charge in [0.15, 0.2) is 5.78 Å². The molecule has 1 fully saturated rings. The number of rotatable bonds is 0. The van der Waals surface area contributed by atoms with Crippen LogP contribution >= 0.6 is 0 Å². The van der Waals surface area contributed by atoms with Crippen LogP contribution in [-0.2, 0) is 4.79 Å². The molecule has 0 spiro atoms. The van der Waals surface area contributed by atoms with Crippen molar-refractivity contribution in [2.45, 2.75) is 39.0 Å². The van der Waals surface area contributed by atoms with Gasteiger partial charge < -0.3 is 0 Å². The Hall–Kier alpha value is -0.590. The monoisotopic (exact) mass is 164 g/mol. The molecule has 0 N–H and O–H groups in total. The molecule has 0 aliphatic heterocycles. The fourth-order valence-electron chi connectivity index (χ4n) is 2.62. The minimum absolute atomic E-state index is 0.357. The molecule has 0 heterocycles. The first-order chi connectivity index (χ1) is 5.77. The summed E-state index contributed by atoms with van der Waals surface area (Å²) in [5, 5.41) is 0. The van der Waals surface area contributed by atoms with E-state index in [9.17, 15) is 4.79 Å². The zero-order valence-corrected chi connectivity index (χ0v) is 7.68. The second-order valence-corrected chi connectivity index (χ2v) is 4.22. The third-order valence-electron chi connectivity index (χ3n) is 3.26. The fraction of sp³-hybridized carbons (Fsp3) is 0.727. The van der Waals surface area contributed by atoms with Crippen LogP contribution in [0.2, 0.25) is 0 Å². The van der Waals surface area contributed by atoms with Crippen LogP contribution in [0.3, 0.4) is 0 Å². The second-order valence-electron chi connectivity index (χ2n) is 4.22. The number of hydrogen-bond donors (Lipinski definition) is 0. The van der Waals surface area contributed by atoms with Gasteiger partial charge in [-0.05, 0) is 37.2 Å². The molecule has 0 aromatic rings. The van der Waals surface area contributed by atoms with E-state index in [0.717, 1.165) is 12.3 Å². The minimum atomic E-state index is 0.357. The SMILES string of the molecule is C[C@@H]1CC(=O)C=C2CCCCC21. The van der Waals surface area contributed by atoms with E-state index >= 15 is 0 Å². The summed E-state index contributed by atoms with van der Waals surface area (Å²) < 4.78 is 0. The Bertz CT molecular complexity index is 227. The maximum absolute atomic E-state index is 11.3. The van der Waals surface area contributed by atoms with E-state index in [4.69, 9.17) is 0 Å². The molecule has 2 rings (SSSR count). The van der Waals surface area contributed by atoms with Crippen LogP contribution < -0.4 is 0 Å². The number of fused-ring (bicyclic) bond motifs is 1. The largest absolute Gasteiger partial charge is 0.295 e. The Labute approximate surface area is 73.8 Å². The van der Waals surface area contributed by atoms with E-state index in [1.807, 2.05) is 6.08 Å². The van der Waals surface area contributed by atoms with Crippen molar-refractivity contribution in [2.24, 2.45) is 11.8 Å². The molecule has 2 aliphatic rings. The Balaban J connectivity index is 2.22. The Morgan fingerprint density at radius 2 is 2.25 bits per heavy atom. The lowest BCUT2D eigenvalue weighted by atomic mass is 9.72. The summed E-state index contributed by atoms with van der Waals surface area (Å²) in [6.45, 7) is 2.22. The zero-order valence-electron chi connectivity index (χ0n) is 7.68. The first-order valence-corrected chi connectivity index (χ1v) is 5.00. The average molecular weight is 164 g/mol. The van der Waals surface area contributed by atoms with Crippen LogP contribution in [0, 0.1) is 11.8 Å². The van der Waals surface area contributed by atoms with Crippen molar-refractivity contribution in [1.29, 1.82) is 0 Å². The summed E-state index contributed by atoms with van der Waals surface area (Å²) in [7, 11) is 0. The van der Waals surface area contributed by atoms with Crippen molar-refractivity contribution in [3.63, 3.8) is 0 Å². The third kappa shape index (κ3) is 1.33. The first kappa shape index (κ1) is 8.03. The van der Waals surface area contributed by atoms with Crippen molar-refractivity contribution in [1.82, 2.24) is 0 Å². The van der Waals surface area contributed by atoms with Gasteiger partial charge in [-0.3, -0.25) is 4.79 Å². The number of hydrogen-bond acceptors (Lipinski definition) is 1. The Morgan fingerprint density at radius 1 is 1.42 bits per heavy atom. The first-order valence-electron chi connectivity index (χ1n) is 5.00. The molecule has 66 valence electrons. The minimum Gasteiger partial charge on any atom is -0.295 e. The topological polar surface area (TPSA) is 17.1 Å². The van der Waals surface area contributed by atoms with Gasteiger partial charge in [-0.15, -0.1) is 0 Å². The highest BCUT2D eigenvalue weighted by molar-refractivity contribution is 5.91. The number of allylic oxidation sites excluding steroid dienone is 2. The maximum atomic E-state index is 11.3. The average Bonchev–Trinajstić information content (AvgIpc) is 2.04. The summed E-state index contributed by atoms with van der Waals surface area (Å²) in [5.41, 5.74) is 1.45. The highest BCUT2D eigenvalue weighted by Crippen LogP contribution is 2.38. The molecule has 2 atom stereocenters. The fourth-order valence-corrected chi connectivity index (χ4v) is 2.62. The quantitative estimate of drug-likeness (QED) is 0.538. The molecule has 1 saturated carbocycles. The highest BCUT2D eigenvalue weighted by Gasteiger charge is 2.29. The van der Waals surface area contributed by atoms with Gasteiger partial charge in [-0.25, -0.2) is 0 Å². The molecule has 1 unspecified atom stereocenters. The van der Waals surface area contributed by atoms with Gasteiger partial charge in [0.2, 0.25) is 0 Å². The third-order valence-corrected chi connectivity index (χ3v) is 3.26. The molecule has 2 aliphatic carbocycles. The molecule has 0 bridgehead atoms. The maximum Gasteiger partial charge on any atom is 0.155 e. The van der Waals surface area contributed by atoms with Gasteiger partial charge >= 0.3 is 0 Å². The van der Waals surface area contributed by atoms with E-state index in [0.29, 0.717) is 11.7 Å². The van der Waals surface area contributed by atoms with Crippen LogP contribution in [-0.4, -0.2) is 5.78 Å². The zero-order chi connectivity index (χ0) is 8.55. The van der Waals surface area contributed by atoms with Crippen molar-refractivity contribution < 1.29 is 4.79 Å². The number of carbonyl (C=O) groups is 1. The van der Waals surface area contributed by atoms with Gasteiger partial charge in [-0.1, -0.05) is 18.9 Å². The lowest BCUT2D eigenvalue weighted by molar-refractivity contribution is -0.116. The summed E-state index contributed by atoms with van der Waals surface area (Å²) in [6.07, 6.45) is 7.86. The van der Waals surface area contributed by atoms with Gasteiger partial charge in [0, 0.05) is 6.42 Å². The molecule has 0 aromatic carbocycles. The van der Waals surface area contributed by atoms with Crippen LogP contribution in [0.4, 0.5) is 0 Å². The van der Waals surface area contributed by atoms with Crippen molar-refractivity contribution in [2.75, 3.05) is 0 Å². The predicted octanol–water partition coefficient (Wildman–Crippen LogP) is 2.71. The summed E-state index contributed by atoms with van der Waals surface area (Å²) >= 11 is 0. The van der Waals surface area contributed by atoms with Gasteiger partial charge in [0.1, 0.15) is 0 Å². The number of carbonyl (C=O) groups excluding carboxylic acids is 1. The second kappa shape index (κ2) is 3.04. The van der Waals surface area contributed by atoms with Crippen molar-refractivity contribution in [3.8, 4) is 0 Å². The van der Waals surface area contributed by atoms with E-state index in [1.165, 1.54) is 31.3 Å². The highest BCUT2D eigenvalue weighted by atomic mass is 16.1. The van der Waals surface area contributed by atoms with E-state index < -0.39 is 0 Å². The normalized spacial score (nSPS) is 35.8. The molecule has 0 saturated heterocycles. The van der Waals surface area contributed by atoms with Crippen LogP contribution in [0.5, 0.6) is 0 Å². The molecular formula is C11H16O. The summed E-state index contributed by atoms with van der Waals surface area (Å²) in [5.74, 6) is 1.71. The van der Waals surface area contributed by atoms with Crippen molar-refractivity contribution in [3.05, 3.63) is 11.6 Å². The standard InChI is InChI=1S/C11H16O/c1-8-6-10(12)7-9-4-2-3-5-11(8)9/h7-8,11H,2-6H2,1H3/t8-,11?/m1/s1.